The first-order chi connectivity index (χ1) is 17.7. The Bertz CT molecular complexity index is 1560. The number of hydrogen-bond donors (Lipinski definition) is 4. The summed E-state index contributed by atoms with van der Waals surface area (Å²) in [6.07, 6.45) is 2.17. The van der Waals surface area contributed by atoms with Gasteiger partial charge in [-0.2, -0.15) is 4.98 Å². The predicted molar refractivity (Wildman–Crippen MR) is 142 cm³/mol. The molecule has 0 radical (unpaired) electrons. The van der Waals surface area contributed by atoms with Crippen LogP contribution in [-0.4, -0.2) is 24.3 Å². The van der Waals surface area contributed by atoms with Crippen molar-refractivity contribution in [3.8, 4) is 0 Å². The third-order valence-electron chi connectivity index (χ3n) is 5.10. The number of halogens is 1. The van der Waals surface area contributed by atoms with Crippen molar-refractivity contribution < 1.29 is 17.6 Å². The summed E-state index contributed by atoms with van der Waals surface area (Å²) in [5.41, 5.74) is 2.70. The van der Waals surface area contributed by atoms with Gasteiger partial charge < -0.3 is 16.0 Å². The summed E-state index contributed by atoms with van der Waals surface area (Å²) in [6.45, 7) is 5.21. The number of para-hydroxylation sites is 1. The van der Waals surface area contributed by atoms with Crippen molar-refractivity contribution in [1.29, 1.82) is 0 Å². The van der Waals surface area contributed by atoms with Crippen molar-refractivity contribution in [3.05, 3.63) is 103 Å². The third-order valence-corrected chi connectivity index (χ3v) is 6.48. The van der Waals surface area contributed by atoms with E-state index in [2.05, 4.69) is 37.2 Å². The molecule has 11 heteroatoms. The molecule has 0 unspecified atom stereocenters. The van der Waals surface area contributed by atoms with Crippen LogP contribution in [0.1, 0.15) is 5.56 Å². The number of sulfonamides is 1. The van der Waals surface area contributed by atoms with Gasteiger partial charge in [0.1, 0.15) is 0 Å². The van der Waals surface area contributed by atoms with Crippen molar-refractivity contribution in [2.24, 2.45) is 0 Å². The maximum atomic E-state index is 14.5. The first-order valence-corrected chi connectivity index (χ1v) is 12.5. The van der Waals surface area contributed by atoms with Gasteiger partial charge in [0, 0.05) is 22.7 Å². The zero-order valence-corrected chi connectivity index (χ0v) is 20.5. The van der Waals surface area contributed by atoms with E-state index < -0.39 is 15.8 Å². The minimum atomic E-state index is -3.84. The van der Waals surface area contributed by atoms with Crippen LogP contribution in [0.25, 0.3) is 0 Å². The van der Waals surface area contributed by atoms with Crippen LogP contribution in [0.15, 0.2) is 96.5 Å². The van der Waals surface area contributed by atoms with Gasteiger partial charge in [-0.05, 0) is 67.1 Å². The quantitative estimate of drug-likeness (QED) is 0.221. The number of anilines is 6. The summed E-state index contributed by atoms with van der Waals surface area (Å²) in [6, 6.07) is 19.7. The zero-order valence-electron chi connectivity index (χ0n) is 19.7. The molecule has 1 heterocycles. The zero-order chi connectivity index (χ0) is 26.4. The van der Waals surface area contributed by atoms with Gasteiger partial charge in [0.05, 0.1) is 11.1 Å². The number of nitrogens with zero attached hydrogens (tertiary/aromatic N) is 2. The fourth-order valence-electron chi connectivity index (χ4n) is 3.31. The molecule has 0 fully saturated rings. The average molecular weight is 519 g/mol. The van der Waals surface area contributed by atoms with Crippen molar-refractivity contribution >= 4 is 50.4 Å². The molecule has 1 aromatic heterocycles. The highest BCUT2D eigenvalue weighted by atomic mass is 32.2. The molecule has 1 amide bonds. The minimum Gasteiger partial charge on any atom is -0.337 e. The molecule has 0 spiro atoms. The largest absolute Gasteiger partial charge is 0.337 e. The second-order valence-corrected chi connectivity index (χ2v) is 9.54. The van der Waals surface area contributed by atoms with E-state index in [9.17, 15) is 17.6 Å². The van der Waals surface area contributed by atoms with Crippen molar-refractivity contribution in [2.45, 2.75) is 11.8 Å². The van der Waals surface area contributed by atoms with Crippen LogP contribution in [0.5, 0.6) is 0 Å². The van der Waals surface area contributed by atoms with E-state index in [0.717, 1.165) is 17.8 Å². The molecule has 3 aromatic carbocycles. The fraction of sp³-hybridized carbons (Fsp3) is 0.0385. The summed E-state index contributed by atoms with van der Waals surface area (Å²) in [7, 11) is -3.84. The minimum absolute atomic E-state index is 0.0288. The van der Waals surface area contributed by atoms with Crippen LogP contribution in [0.2, 0.25) is 0 Å². The molecule has 0 aliphatic rings. The van der Waals surface area contributed by atoms with E-state index in [1.807, 2.05) is 0 Å². The molecule has 0 bridgehead atoms. The Morgan fingerprint density at radius 1 is 0.946 bits per heavy atom. The van der Waals surface area contributed by atoms with Gasteiger partial charge in [0.25, 0.3) is 10.0 Å². The van der Waals surface area contributed by atoms with Crippen molar-refractivity contribution in [1.82, 2.24) is 9.97 Å². The van der Waals surface area contributed by atoms with Gasteiger partial charge in [0.15, 0.2) is 11.6 Å². The smallest absolute Gasteiger partial charge is 0.261 e. The Hall–Kier alpha value is -4.77. The standard InChI is InChI=1S/C26H23FN6O3S/c1-3-24(34)29-20-12-13-23(17(2)14-20)31-25-22(27)16-28-26(32-25)30-19-10-7-11-21(15-19)37(35,36)33-18-8-5-4-6-9-18/h3-16,33H,1H2,2H3,(H,29,34)(H2,28,30,31,32). The highest BCUT2D eigenvalue weighted by Crippen LogP contribution is 2.26. The topological polar surface area (TPSA) is 125 Å². The highest BCUT2D eigenvalue weighted by molar-refractivity contribution is 7.92. The average Bonchev–Trinajstić information content (AvgIpc) is 2.88. The van der Waals surface area contributed by atoms with Crippen LogP contribution in [0.3, 0.4) is 0 Å². The molecule has 188 valence electrons. The number of nitrogens with one attached hydrogen (secondary N) is 4. The lowest BCUT2D eigenvalue weighted by Crippen LogP contribution is -2.13. The number of carbonyl (C=O) groups excluding carboxylic acids is 1. The van der Waals surface area contributed by atoms with Gasteiger partial charge in [0.2, 0.25) is 11.9 Å². The lowest BCUT2D eigenvalue weighted by molar-refractivity contribution is -0.111. The van der Waals surface area contributed by atoms with Gasteiger partial charge >= 0.3 is 0 Å². The van der Waals surface area contributed by atoms with E-state index in [1.54, 1.807) is 67.6 Å². The fourth-order valence-corrected chi connectivity index (χ4v) is 4.41. The Balaban J connectivity index is 1.52. The summed E-state index contributed by atoms with van der Waals surface area (Å²) in [5, 5.41) is 8.48. The number of aromatic nitrogens is 2. The lowest BCUT2D eigenvalue weighted by atomic mass is 10.1. The Kier molecular flexibility index (Phi) is 7.44. The molecular weight excluding hydrogens is 495 g/mol. The second-order valence-electron chi connectivity index (χ2n) is 7.86. The van der Waals surface area contributed by atoms with E-state index >= 15 is 0 Å². The molecule has 0 atom stereocenters. The molecule has 0 aliphatic heterocycles. The molecule has 0 saturated carbocycles. The summed E-state index contributed by atoms with van der Waals surface area (Å²) < 4.78 is 42.6. The molecule has 37 heavy (non-hydrogen) atoms. The number of carbonyl (C=O) groups is 1. The maximum absolute atomic E-state index is 14.5. The van der Waals surface area contributed by atoms with Crippen LogP contribution in [0, 0.1) is 12.7 Å². The summed E-state index contributed by atoms with van der Waals surface area (Å²) in [4.78, 5) is 19.7. The van der Waals surface area contributed by atoms with E-state index in [0.29, 0.717) is 22.7 Å². The monoisotopic (exact) mass is 518 g/mol. The van der Waals surface area contributed by atoms with Gasteiger partial charge in [-0.15, -0.1) is 0 Å². The number of hydrogen-bond acceptors (Lipinski definition) is 7. The number of aryl methyl sites for hydroxylation is 1. The third kappa shape index (κ3) is 6.47. The Labute approximate surface area is 213 Å². The predicted octanol–water partition coefficient (Wildman–Crippen LogP) is 5.34. The van der Waals surface area contributed by atoms with E-state index in [1.165, 1.54) is 12.1 Å². The molecule has 4 aromatic rings. The normalized spacial score (nSPS) is 10.9. The number of amides is 1. The molecule has 0 saturated heterocycles. The second kappa shape index (κ2) is 10.9. The SMILES string of the molecule is C=CC(=O)Nc1ccc(Nc2nc(Nc3cccc(S(=O)(=O)Nc4ccccc4)c3)ncc2F)c(C)c1. The molecule has 4 rings (SSSR count). The van der Waals surface area contributed by atoms with Gasteiger partial charge in [-0.25, -0.2) is 17.8 Å². The molecule has 9 nitrogen and oxygen atoms in total. The van der Waals surface area contributed by atoms with Crippen LogP contribution < -0.4 is 20.7 Å². The van der Waals surface area contributed by atoms with Crippen LogP contribution >= 0.6 is 0 Å². The molecule has 4 N–H and O–H groups in total. The first kappa shape index (κ1) is 25.3. The van der Waals surface area contributed by atoms with Gasteiger partial charge in [-0.3, -0.25) is 9.52 Å². The lowest BCUT2D eigenvalue weighted by Gasteiger charge is -2.13. The Morgan fingerprint density at radius 2 is 1.70 bits per heavy atom. The van der Waals surface area contributed by atoms with E-state index in [4.69, 9.17) is 0 Å². The Morgan fingerprint density at radius 3 is 2.43 bits per heavy atom. The van der Waals surface area contributed by atoms with Crippen molar-refractivity contribution in [3.63, 3.8) is 0 Å². The van der Waals surface area contributed by atoms with Crippen LogP contribution in [-0.2, 0) is 14.8 Å². The van der Waals surface area contributed by atoms with Crippen molar-refractivity contribution in [2.75, 3.05) is 20.7 Å². The highest BCUT2D eigenvalue weighted by Gasteiger charge is 2.15. The first-order valence-electron chi connectivity index (χ1n) is 11.0. The summed E-state index contributed by atoms with van der Waals surface area (Å²) in [5.74, 6) is -1.05. The summed E-state index contributed by atoms with van der Waals surface area (Å²) >= 11 is 0. The molecular formula is C26H23FN6O3S. The number of rotatable bonds is 9. The molecule has 0 aliphatic carbocycles. The van der Waals surface area contributed by atoms with Crippen LogP contribution in [0.4, 0.5) is 38.9 Å². The number of benzene rings is 3. The maximum Gasteiger partial charge on any atom is 0.261 e. The van der Waals surface area contributed by atoms with E-state index in [-0.39, 0.29) is 22.6 Å². The van der Waals surface area contributed by atoms with Gasteiger partial charge in [-0.1, -0.05) is 30.8 Å².